The van der Waals surface area contributed by atoms with Crippen molar-refractivity contribution in [3.63, 3.8) is 0 Å². The molecular weight excluding hydrogens is 486 g/mol. The molecule has 0 radical (unpaired) electrons. The number of halogens is 3. The van der Waals surface area contributed by atoms with Gasteiger partial charge in [-0.25, -0.2) is 12.8 Å². The van der Waals surface area contributed by atoms with E-state index in [0.29, 0.717) is 15.9 Å². The fourth-order valence-electron chi connectivity index (χ4n) is 3.58. The van der Waals surface area contributed by atoms with E-state index in [9.17, 15) is 17.6 Å². The van der Waals surface area contributed by atoms with Crippen molar-refractivity contribution in [3.8, 4) is 0 Å². The molecule has 0 fully saturated rings. The standard InChI is InChI=1S/C24H19Cl2FN2O3S/c25-19-8-3-1-6-16(19)12-28-24(30)14-29-13-23(17-7-2-4-11-22(17)29)33(31,32)15-18-20(26)9-5-10-21(18)27/h1-11,13H,12,14-15H2,(H,28,30). The van der Waals surface area contributed by atoms with Gasteiger partial charge in [0.15, 0.2) is 9.84 Å². The van der Waals surface area contributed by atoms with Crippen molar-refractivity contribution in [3.05, 3.63) is 99.9 Å². The predicted octanol–water partition coefficient (Wildman–Crippen LogP) is 5.38. The number of nitrogens with zero attached hydrogens (tertiary/aromatic N) is 1. The molecule has 3 aromatic carbocycles. The molecule has 1 amide bonds. The quantitative estimate of drug-likeness (QED) is 0.367. The molecule has 33 heavy (non-hydrogen) atoms. The van der Waals surface area contributed by atoms with Gasteiger partial charge in [-0.3, -0.25) is 4.79 Å². The Morgan fingerprint density at radius 1 is 0.939 bits per heavy atom. The highest BCUT2D eigenvalue weighted by molar-refractivity contribution is 7.90. The van der Waals surface area contributed by atoms with E-state index >= 15 is 0 Å². The molecule has 170 valence electrons. The fraction of sp³-hybridized carbons (Fsp3) is 0.125. The number of aromatic nitrogens is 1. The van der Waals surface area contributed by atoms with E-state index in [0.717, 1.165) is 5.56 Å². The average Bonchev–Trinajstić information content (AvgIpc) is 3.15. The van der Waals surface area contributed by atoms with E-state index in [-0.39, 0.29) is 34.5 Å². The van der Waals surface area contributed by atoms with Gasteiger partial charge < -0.3 is 9.88 Å². The summed E-state index contributed by atoms with van der Waals surface area (Å²) in [4.78, 5) is 12.6. The number of carbonyl (C=O) groups is 1. The van der Waals surface area contributed by atoms with E-state index in [1.807, 2.05) is 12.1 Å². The van der Waals surface area contributed by atoms with Crippen LogP contribution in [0.25, 0.3) is 10.9 Å². The number of benzene rings is 3. The SMILES string of the molecule is O=C(Cn1cc(S(=O)(=O)Cc2c(F)cccc2Cl)c2ccccc21)NCc1ccccc1Cl. The first-order valence-electron chi connectivity index (χ1n) is 10.00. The van der Waals surface area contributed by atoms with Crippen LogP contribution in [0.4, 0.5) is 4.39 Å². The van der Waals surface area contributed by atoms with Gasteiger partial charge in [-0.15, -0.1) is 0 Å². The number of nitrogens with one attached hydrogen (secondary N) is 1. The largest absolute Gasteiger partial charge is 0.350 e. The summed E-state index contributed by atoms with van der Waals surface area (Å²) in [5.41, 5.74) is 1.26. The molecule has 9 heteroatoms. The second-order valence-electron chi connectivity index (χ2n) is 7.47. The Labute approximate surface area is 200 Å². The van der Waals surface area contributed by atoms with Gasteiger partial charge in [0.1, 0.15) is 12.4 Å². The minimum absolute atomic E-state index is 0.0105. The molecule has 0 saturated carbocycles. The summed E-state index contributed by atoms with van der Waals surface area (Å²) in [6.07, 6.45) is 1.41. The van der Waals surface area contributed by atoms with Crippen molar-refractivity contribution in [2.45, 2.75) is 23.7 Å². The lowest BCUT2D eigenvalue weighted by Crippen LogP contribution is -2.27. The van der Waals surface area contributed by atoms with E-state index < -0.39 is 21.4 Å². The summed E-state index contributed by atoms with van der Waals surface area (Å²) in [5, 5.41) is 3.83. The van der Waals surface area contributed by atoms with Crippen molar-refractivity contribution < 1.29 is 17.6 Å². The number of hydrogen-bond donors (Lipinski definition) is 1. The lowest BCUT2D eigenvalue weighted by Gasteiger charge is -2.08. The topological polar surface area (TPSA) is 68.2 Å². The zero-order chi connectivity index (χ0) is 23.6. The first-order chi connectivity index (χ1) is 15.8. The predicted molar refractivity (Wildman–Crippen MR) is 128 cm³/mol. The number of para-hydroxylation sites is 1. The summed E-state index contributed by atoms with van der Waals surface area (Å²) >= 11 is 12.2. The van der Waals surface area contributed by atoms with Gasteiger partial charge in [-0.1, -0.05) is 65.7 Å². The molecule has 0 unspecified atom stereocenters. The lowest BCUT2D eigenvalue weighted by molar-refractivity contribution is -0.121. The summed E-state index contributed by atoms with van der Waals surface area (Å²) in [6, 6.07) is 18.1. The highest BCUT2D eigenvalue weighted by atomic mass is 35.5. The monoisotopic (exact) mass is 504 g/mol. The van der Waals surface area contributed by atoms with E-state index in [1.54, 1.807) is 41.0 Å². The van der Waals surface area contributed by atoms with Crippen LogP contribution < -0.4 is 5.32 Å². The normalized spacial score (nSPS) is 11.6. The Bertz CT molecular complexity index is 1430. The third-order valence-corrected chi connectivity index (χ3v) is 7.62. The maximum atomic E-state index is 14.2. The zero-order valence-electron chi connectivity index (χ0n) is 17.3. The summed E-state index contributed by atoms with van der Waals surface area (Å²) in [6.45, 7) is 0.148. The molecule has 0 aliphatic carbocycles. The molecule has 0 bridgehead atoms. The van der Waals surface area contributed by atoms with Gasteiger partial charge >= 0.3 is 0 Å². The Morgan fingerprint density at radius 2 is 1.64 bits per heavy atom. The number of hydrogen-bond acceptors (Lipinski definition) is 3. The Hall–Kier alpha value is -2.87. The maximum absolute atomic E-state index is 14.2. The van der Waals surface area contributed by atoms with Gasteiger partial charge in [0, 0.05) is 39.3 Å². The highest BCUT2D eigenvalue weighted by Crippen LogP contribution is 2.30. The number of carbonyl (C=O) groups excluding carboxylic acids is 1. The van der Waals surface area contributed by atoms with E-state index in [4.69, 9.17) is 23.2 Å². The smallest absolute Gasteiger partial charge is 0.240 e. The molecule has 0 aliphatic heterocycles. The number of sulfone groups is 1. The van der Waals surface area contributed by atoms with Crippen LogP contribution in [0.1, 0.15) is 11.1 Å². The van der Waals surface area contributed by atoms with Crippen LogP contribution in [-0.2, 0) is 33.5 Å². The van der Waals surface area contributed by atoms with Crippen molar-refractivity contribution in [2.75, 3.05) is 0 Å². The first kappa shape index (κ1) is 23.3. The van der Waals surface area contributed by atoms with Crippen molar-refractivity contribution in [1.82, 2.24) is 9.88 Å². The highest BCUT2D eigenvalue weighted by Gasteiger charge is 2.24. The molecule has 1 N–H and O–H groups in total. The summed E-state index contributed by atoms with van der Waals surface area (Å²) < 4.78 is 42.2. The molecule has 4 rings (SSSR count). The second-order valence-corrected chi connectivity index (χ2v) is 10.2. The van der Waals surface area contributed by atoms with Crippen LogP contribution in [0, 0.1) is 5.82 Å². The van der Waals surface area contributed by atoms with E-state index in [2.05, 4.69) is 5.32 Å². The van der Waals surface area contributed by atoms with Crippen LogP contribution in [0.5, 0.6) is 0 Å². The first-order valence-corrected chi connectivity index (χ1v) is 12.4. The second kappa shape index (κ2) is 9.55. The van der Waals surface area contributed by atoms with Gasteiger partial charge in [0.05, 0.1) is 10.6 Å². The Kier molecular flexibility index (Phi) is 6.74. The third-order valence-electron chi connectivity index (χ3n) is 5.23. The van der Waals surface area contributed by atoms with Gasteiger partial charge in [-0.2, -0.15) is 0 Å². The van der Waals surface area contributed by atoms with Crippen molar-refractivity contribution in [2.24, 2.45) is 0 Å². The molecule has 1 heterocycles. The maximum Gasteiger partial charge on any atom is 0.240 e. The molecule has 0 aliphatic rings. The Balaban J connectivity index is 1.61. The summed E-state index contributed by atoms with van der Waals surface area (Å²) in [7, 11) is -3.96. The summed E-state index contributed by atoms with van der Waals surface area (Å²) in [5.74, 6) is -1.59. The van der Waals surface area contributed by atoms with Gasteiger partial charge in [0.2, 0.25) is 5.91 Å². The molecule has 0 atom stereocenters. The van der Waals surface area contributed by atoms with Crippen LogP contribution >= 0.6 is 23.2 Å². The lowest BCUT2D eigenvalue weighted by atomic mass is 10.2. The number of amides is 1. The molecule has 0 spiro atoms. The minimum atomic E-state index is -3.96. The zero-order valence-corrected chi connectivity index (χ0v) is 19.6. The molecule has 5 nitrogen and oxygen atoms in total. The minimum Gasteiger partial charge on any atom is -0.350 e. The molecule has 0 saturated heterocycles. The van der Waals surface area contributed by atoms with Crippen LogP contribution in [0.15, 0.2) is 77.8 Å². The van der Waals surface area contributed by atoms with E-state index in [1.165, 1.54) is 24.4 Å². The van der Waals surface area contributed by atoms with Crippen molar-refractivity contribution >= 4 is 49.8 Å². The molecular formula is C24H19Cl2FN2O3S. The van der Waals surface area contributed by atoms with Crippen molar-refractivity contribution in [1.29, 1.82) is 0 Å². The molecule has 1 aromatic heterocycles. The van der Waals surface area contributed by atoms with Crippen LogP contribution in [0.3, 0.4) is 0 Å². The molecule has 4 aromatic rings. The van der Waals surface area contributed by atoms with Crippen LogP contribution in [0.2, 0.25) is 10.0 Å². The number of fused-ring (bicyclic) bond motifs is 1. The van der Waals surface area contributed by atoms with Crippen LogP contribution in [-0.4, -0.2) is 18.9 Å². The Morgan fingerprint density at radius 3 is 2.39 bits per heavy atom. The number of rotatable bonds is 7. The third kappa shape index (κ3) is 5.05. The van der Waals surface area contributed by atoms with Gasteiger partial charge in [-0.05, 0) is 29.8 Å². The fourth-order valence-corrected chi connectivity index (χ4v) is 5.71. The average molecular weight is 505 g/mol. The van der Waals surface area contributed by atoms with Gasteiger partial charge in [0.25, 0.3) is 0 Å².